The van der Waals surface area contributed by atoms with Gasteiger partial charge in [0.15, 0.2) is 6.10 Å². The first-order chi connectivity index (χ1) is 27.6. The lowest BCUT2D eigenvalue weighted by Gasteiger charge is -2.18. The van der Waals surface area contributed by atoms with Crippen LogP contribution in [0.1, 0.15) is 226 Å². The van der Waals surface area contributed by atoms with Crippen LogP contribution in [0.4, 0.5) is 0 Å². The molecule has 0 N–H and O–H groups in total. The van der Waals surface area contributed by atoms with Crippen molar-refractivity contribution in [2.45, 2.75) is 232 Å². The quantitative estimate of drug-likeness (QED) is 0.0350. The maximum absolute atomic E-state index is 12.7. The first-order valence-electron chi connectivity index (χ1n) is 23.8. The van der Waals surface area contributed by atoms with E-state index in [2.05, 4.69) is 81.5 Å². The highest BCUT2D eigenvalue weighted by atomic mass is 16.6. The Morgan fingerprint density at radius 1 is 0.411 bits per heavy atom. The summed E-state index contributed by atoms with van der Waals surface area (Å²) in [6.45, 7) is 7.63. The molecule has 1 atom stereocenters. The maximum atomic E-state index is 12.7. The van der Waals surface area contributed by atoms with Gasteiger partial charge in [-0.05, 0) is 96.3 Å². The Labute approximate surface area is 347 Å². The number of esters is 2. The molecule has 0 aromatic heterocycles. The summed E-state index contributed by atoms with van der Waals surface area (Å²) in [5.74, 6) is -0.443. The van der Waals surface area contributed by atoms with E-state index in [1.165, 1.54) is 109 Å². The molecule has 0 aliphatic heterocycles. The third-order valence-corrected chi connectivity index (χ3v) is 10.0. The number of unbranched alkanes of at least 4 members (excludes halogenated alkanes) is 22. The van der Waals surface area contributed by atoms with Crippen LogP contribution in [0, 0.1) is 0 Å². The van der Waals surface area contributed by atoms with Gasteiger partial charge in [0.05, 0.1) is 6.61 Å². The fourth-order valence-corrected chi connectivity index (χ4v) is 6.44. The van der Waals surface area contributed by atoms with E-state index < -0.39 is 6.10 Å². The molecule has 5 nitrogen and oxygen atoms in total. The lowest BCUT2D eigenvalue weighted by molar-refractivity contribution is -0.163. The van der Waals surface area contributed by atoms with Crippen molar-refractivity contribution in [1.29, 1.82) is 0 Å². The molecule has 5 heteroatoms. The smallest absolute Gasteiger partial charge is 0.306 e. The van der Waals surface area contributed by atoms with Gasteiger partial charge in [0.2, 0.25) is 0 Å². The molecule has 324 valence electrons. The van der Waals surface area contributed by atoms with E-state index in [0.717, 1.165) is 83.5 Å². The molecule has 0 amide bonds. The zero-order valence-corrected chi connectivity index (χ0v) is 37.1. The second kappa shape index (κ2) is 47.0. The zero-order valence-electron chi connectivity index (χ0n) is 37.1. The fourth-order valence-electron chi connectivity index (χ4n) is 6.44. The molecule has 0 aromatic rings. The van der Waals surface area contributed by atoms with Crippen molar-refractivity contribution < 1.29 is 23.8 Å². The summed E-state index contributed by atoms with van der Waals surface area (Å²) in [6.07, 6.45) is 57.9. The second-order valence-corrected chi connectivity index (χ2v) is 15.6. The Hall–Kier alpha value is -2.40. The van der Waals surface area contributed by atoms with Gasteiger partial charge in [0.25, 0.3) is 0 Å². The van der Waals surface area contributed by atoms with Gasteiger partial charge in [-0.2, -0.15) is 0 Å². The number of carbonyl (C=O) groups excluding carboxylic acids is 2. The van der Waals surface area contributed by atoms with Gasteiger partial charge in [-0.1, -0.05) is 178 Å². The van der Waals surface area contributed by atoms with Gasteiger partial charge in [-0.15, -0.1) is 0 Å². The van der Waals surface area contributed by atoms with Crippen molar-refractivity contribution in [3.63, 3.8) is 0 Å². The third kappa shape index (κ3) is 44.3. The van der Waals surface area contributed by atoms with E-state index in [1.807, 2.05) is 0 Å². The molecule has 1 unspecified atom stereocenters. The topological polar surface area (TPSA) is 61.8 Å². The van der Waals surface area contributed by atoms with Gasteiger partial charge in [-0.25, -0.2) is 0 Å². The van der Waals surface area contributed by atoms with Crippen molar-refractivity contribution in [3.8, 4) is 0 Å². The molecule has 0 saturated carbocycles. The number of allylic oxidation sites excluding steroid dienone is 10. The maximum Gasteiger partial charge on any atom is 0.306 e. The predicted octanol–water partition coefficient (Wildman–Crippen LogP) is 15.8. The van der Waals surface area contributed by atoms with Crippen LogP contribution < -0.4 is 0 Å². The van der Waals surface area contributed by atoms with Crippen LogP contribution in [0.25, 0.3) is 0 Å². The van der Waals surface area contributed by atoms with Crippen LogP contribution in [-0.4, -0.2) is 37.9 Å². The van der Waals surface area contributed by atoms with Gasteiger partial charge >= 0.3 is 11.9 Å². The third-order valence-electron chi connectivity index (χ3n) is 10.0. The van der Waals surface area contributed by atoms with Crippen LogP contribution >= 0.6 is 0 Å². The van der Waals surface area contributed by atoms with Gasteiger partial charge in [0.1, 0.15) is 6.61 Å². The molecule has 0 aliphatic rings. The minimum absolute atomic E-state index is 0.0661. The molecular weight excluding hydrogens is 693 g/mol. The molecule has 0 spiro atoms. The minimum Gasteiger partial charge on any atom is -0.462 e. The lowest BCUT2D eigenvalue weighted by Crippen LogP contribution is -2.30. The Morgan fingerprint density at radius 3 is 1.38 bits per heavy atom. The largest absolute Gasteiger partial charge is 0.462 e. The van der Waals surface area contributed by atoms with Crippen LogP contribution in [-0.2, 0) is 23.8 Å². The highest BCUT2D eigenvalue weighted by Crippen LogP contribution is 2.13. The molecule has 0 saturated heterocycles. The van der Waals surface area contributed by atoms with Crippen molar-refractivity contribution in [1.82, 2.24) is 0 Å². The zero-order chi connectivity index (χ0) is 40.7. The number of hydrogen-bond acceptors (Lipinski definition) is 5. The predicted molar refractivity (Wildman–Crippen MR) is 242 cm³/mol. The fraction of sp³-hybridized carbons (Fsp3) is 0.765. The van der Waals surface area contributed by atoms with Crippen molar-refractivity contribution >= 4 is 11.9 Å². The van der Waals surface area contributed by atoms with Crippen molar-refractivity contribution in [2.24, 2.45) is 0 Å². The average molecular weight is 783 g/mol. The van der Waals surface area contributed by atoms with E-state index in [4.69, 9.17) is 14.2 Å². The molecule has 0 aliphatic carbocycles. The Kier molecular flexibility index (Phi) is 45.0. The molecule has 0 radical (unpaired) electrons. The summed E-state index contributed by atoms with van der Waals surface area (Å²) in [7, 11) is 0. The average Bonchev–Trinajstić information content (AvgIpc) is 3.20. The monoisotopic (exact) mass is 783 g/mol. The standard InChI is InChI=1S/C51H90O5/c1-4-7-10-13-16-19-22-25-26-28-29-32-35-38-41-44-50(52)55-48-49(47-54-46-43-40-37-34-31-24-21-18-15-12-9-6-3)56-51(53)45-42-39-36-33-30-27-23-20-17-14-11-8-5-2/h8,11,15,17-18,20,25-27,30,49H,4-7,9-10,12-14,16,19,21-24,28-29,31-48H2,1-3H3/b11-8-,18-15-,20-17-,26-25-,30-27-. The number of rotatable bonds is 43. The molecule has 0 aromatic carbocycles. The van der Waals surface area contributed by atoms with Gasteiger partial charge in [-0.3, -0.25) is 9.59 Å². The summed E-state index contributed by atoms with van der Waals surface area (Å²) >= 11 is 0. The summed E-state index contributed by atoms with van der Waals surface area (Å²) in [4.78, 5) is 25.3. The number of hydrogen-bond donors (Lipinski definition) is 0. The summed E-state index contributed by atoms with van der Waals surface area (Å²) in [5.41, 5.74) is 0. The Balaban J connectivity index is 4.31. The molecule has 0 rings (SSSR count). The molecule has 0 fully saturated rings. The second-order valence-electron chi connectivity index (χ2n) is 15.6. The van der Waals surface area contributed by atoms with E-state index in [9.17, 15) is 9.59 Å². The Bertz CT molecular complexity index is 977. The number of carbonyl (C=O) groups is 2. The molecule has 0 bridgehead atoms. The van der Waals surface area contributed by atoms with Crippen LogP contribution in [0.2, 0.25) is 0 Å². The van der Waals surface area contributed by atoms with Crippen LogP contribution in [0.3, 0.4) is 0 Å². The van der Waals surface area contributed by atoms with Crippen LogP contribution in [0.15, 0.2) is 60.8 Å². The molecule has 56 heavy (non-hydrogen) atoms. The summed E-state index contributed by atoms with van der Waals surface area (Å²) in [6, 6.07) is 0. The van der Waals surface area contributed by atoms with E-state index >= 15 is 0 Å². The van der Waals surface area contributed by atoms with Crippen molar-refractivity contribution in [3.05, 3.63) is 60.8 Å². The van der Waals surface area contributed by atoms with E-state index in [0.29, 0.717) is 19.4 Å². The molecule has 0 heterocycles. The van der Waals surface area contributed by atoms with E-state index in [-0.39, 0.29) is 25.2 Å². The SMILES string of the molecule is CC/C=C\C/C=C\C/C=C\CCCCCC(=O)OC(COCCCCCCCC/C=C\CCCC)COC(=O)CCCCCCC/C=C\CCCCCCCC. The van der Waals surface area contributed by atoms with Crippen LogP contribution in [0.5, 0.6) is 0 Å². The summed E-state index contributed by atoms with van der Waals surface area (Å²) < 4.78 is 17.3. The lowest BCUT2D eigenvalue weighted by atomic mass is 10.1. The van der Waals surface area contributed by atoms with Gasteiger partial charge in [0, 0.05) is 19.4 Å². The molecular formula is C51H90O5. The van der Waals surface area contributed by atoms with Crippen molar-refractivity contribution in [2.75, 3.05) is 19.8 Å². The first-order valence-corrected chi connectivity index (χ1v) is 23.8. The summed E-state index contributed by atoms with van der Waals surface area (Å²) in [5, 5.41) is 0. The Morgan fingerprint density at radius 2 is 0.821 bits per heavy atom. The minimum atomic E-state index is -0.556. The van der Waals surface area contributed by atoms with Gasteiger partial charge < -0.3 is 14.2 Å². The highest BCUT2D eigenvalue weighted by Gasteiger charge is 2.17. The van der Waals surface area contributed by atoms with E-state index in [1.54, 1.807) is 0 Å². The first kappa shape index (κ1) is 53.6. The number of ether oxygens (including phenoxy) is 3. The normalized spacial score (nSPS) is 12.7. The highest BCUT2D eigenvalue weighted by molar-refractivity contribution is 5.70.